The third-order valence-corrected chi connectivity index (χ3v) is 2.68. The molecule has 0 saturated carbocycles. The van der Waals surface area contributed by atoms with Crippen LogP contribution >= 0.6 is 0 Å². The first-order valence-electron chi connectivity index (χ1n) is 7.06. The van der Waals surface area contributed by atoms with Gasteiger partial charge in [0.25, 0.3) is 0 Å². The molecule has 0 aliphatic heterocycles. The van der Waals surface area contributed by atoms with E-state index in [1.807, 2.05) is 0 Å². The quantitative estimate of drug-likeness (QED) is 0.570. The standard InChI is InChI=1S/C15H21FN2O3/c1-2-3-9-21-10-5-8-17-14(19)15(20)18-13-7-4-6-12(16)11-13/h4,6-7,11H,2-3,5,8-10H2,1H3,(H,17,19)(H,18,20). The fraction of sp³-hybridized carbons (Fsp3) is 0.467. The van der Waals surface area contributed by atoms with Crippen LogP contribution in [0.4, 0.5) is 10.1 Å². The van der Waals surface area contributed by atoms with Gasteiger partial charge in [-0.1, -0.05) is 19.4 Å². The molecule has 0 bridgehead atoms. The van der Waals surface area contributed by atoms with Crippen molar-refractivity contribution in [2.75, 3.05) is 25.1 Å². The highest BCUT2D eigenvalue weighted by molar-refractivity contribution is 6.39. The van der Waals surface area contributed by atoms with Gasteiger partial charge in [0.05, 0.1) is 0 Å². The number of rotatable bonds is 8. The summed E-state index contributed by atoms with van der Waals surface area (Å²) >= 11 is 0. The summed E-state index contributed by atoms with van der Waals surface area (Å²) < 4.78 is 18.3. The Morgan fingerprint density at radius 3 is 2.67 bits per heavy atom. The van der Waals surface area contributed by atoms with Crippen molar-refractivity contribution in [3.63, 3.8) is 0 Å². The largest absolute Gasteiger partial charge is 0.381 e. The molecule has 2 amide bonds. The Morgan fingerprint density at radius 1 is 1.19 bits per heavy atom. The van der Waals surface area contributed by atoms with Crippen LogP contribution in [0.3, 0.4) is 0 Å². The fourth-order valence-electron chi connectivity index (χ4n) is 1.56. The molecule has 0 spiro atoms. The third-order valence-electron chi connectivity index (χ3n) is 2.68. The zero-order valence-electron chi connectivity index (χ0n) is 12.2. The van der Waals surface area contributed by atoms with Crippen molar-refractivity contribution in [2.24, 2.45) is 0 Å². The molecule has 0 aromatic heterocycles. The predicted octanol–water partition coefficient (Wildman–Crippen LogP) is 2.09. The zero-order chi connectivity index (χ0) is 15.5. The summed E-state index contributed by atoms with van der Waals surface area (Å²) in [6, 6.07) is 5.37. The minimum absolute atomic E-state index is 0.248. The molecule has 0 aliphatic carbocycles. The summed E-state index contributed by atoms with van der Waals surface area (Å²) in [6.45, 7) is 3.71. The van der Waals surface area contributed by atoms with E-state index in [-0.39, 0.29) is 5.69 Å². The summed E-state index contributed by atoms with van der Waals surface area (Å²) in [5, 5.41) is 4.81. The van der Waals surface area contributed by atoms with E-state index in [4.69, 9.17) is 4.74 Å². The van der Waals surface area contributed by atoms with E-state index >= 15 is 0 Å². The van der Waals surface area contributed by atoms with Crippen LogP contribution in [-0.2, 0) is 14.3 Å². The molecule has 5 nitrogen and oxygen atoms in total. The molecule has 6 heteroatoms. The molecule has 2 N–H and O–H groups in total. The van der Waals surface area contributed by atoms with Crippen LogP contribution in [0.15, 0.2) is 24.3 Å². The number of nitrogens with one attached hydrogen (secondary N) is 2. The zero-order valence-corrected chi connectivity index (χ0v) is 12.2. The van der Waals surface area contributed by atoms with Crippen molar-refractivity contribution in [1.82, 2.24) is 5.32 Å². The maximum atomic E-state index is 12.9. The van der Waals surface area contributed by atoms with Gasteiger partial charge in [0.1, 0.15) is 5.82 Å². The molecule has 1 rings (SSSR count). The lowest BCUT2D eigenvalue weighted by Crippen LogP contribution is -2.36. The van der Waals surface area contributed by atoms with Gasteiger partial charge in [0.15, 0.2) is 0 Å². The topological polar surface area (TPSA) is 67.4 Å². The maximum absolute atomic E-state index is 12.9. The highest BCUT2D eigenvalue weighted by Gasteiger charge is 2.12. The highest BCUT2D eigenvalue weighted by Crippen LogP contribution is 2.08. The van der Waals surface area contributed by atoms with Crippen LogP contribution in [0.5, 0.6) is 0 Å². The Balaban J connectivity index is 2.18. The van der Waals surface area contributed by atoms with E-state index in [2.05, 4.69) is 17.6 Å². The number of anilines is 1. The number of hydrogen-bond donors (Lipinski definition) is 2. The van der Waals surface area contributed by atoms with Crippen molar-refractivity contribution in [2.45, 2.75) is 26.2 Å². The summed E-state index contributed by atoms with van der Waals surface area (Å²) in [5.41, 5.74) is 0.248. The number of hydrogen-bond acceptors (Lipinski definition) is 3. The van der Waals surface area contributed by atoms with Crippen molar-refractivity contribution in [3.8, 4) is 0 Å². The fourth-order valence-corrected chi connectivity index (χ4v) is 1.56. The van der Waals surface area contributed by atoms with Crippen LogP contribution in [0.2, 0.25) is 0 Å². The number of carbonyl (C=O) groups excluding carboxylic acids is 2. The monoisotopic (exact) mass is 296 g/mol. The summed E-state index contributed by atoms with van der Waals surface area (Å²) in [6.07, 6.45) is 2.74. The van der Waals surface area contributed by atoms with Gasteiger partial charge >= 0.3 is 11.8 Å². The van der Waals surface area contributed by atoms with Gasteiger partial charge in [-0.25, -0.2) is 4.39 Å². The second-order valence-corrected chi connectivity index (χ2v) is 4.54. The average Bonchev–Trinajstić information content (AvgIpc) is 2.46. The first kappa shape index (κ1) is 17.1. The lowest BCUT2D eigenvalue weighted by molar-refractivity contribution is -0.136. The van der Waals surface area contributed by atoms with Gasteiger partial charge in [-0.05, 0) is 31.0 Å². The number of halogens is 1. The first-order valence-corrected chi connectivity index (χ1v) is 7.06. The molecule has 1 aromatic rings. The molecule has 1 aromatic carbocycles. The van der Waals surface area contributed by atoms with Gasteiger partial charge in [0.2, 0.25) is 0 Å². The molecule has 116 valence electrons. The second-order valence-electron chi connectivity index (χ2n) is 4.54. The van der Waals surface area contributed by atoms with Gasteiger partial charge in [-0.2, -0.15) is 0 Å². The van der Waals surface area contributed by atoms with E-state index in [0.717, 1.165) is 18.9 Å². The van der Waals surface area contributed by atoms with Gasteiger partial charge in [-0.15, -0.1) is 0 Å². The molecule has 0 fully saturated rings. The molecule has 0 heterocycles. The molecule has 0 radical (unpaired) electrons. The first-order chi connectivity index (χ1) is 10.1. The summed E-state index contributed by atoms with van der Waals surface area (Å²) in [5.74, 6) is -2.03. The summed E-state index contributed by atoms with van der Waals surface area (Å²) in [7, 11) is 0. The molecule has 0 saturated heterocycles. The van der Waals surface area contributed by atoms with Crippen LogP contribution in [0.25, 0.3) is 0 Å². The Morgan fingerprint density at radius 2 is 1.95 bits per heavy atom. The van der Waals surface area contributed by atoms with Crippen LogP contribution < -0.4 is 10.6 Å². The van der Waals surface area contributed by atoms with Crippen LogP contribution in [0, 0.1) is 5.82 Å². The Bertz CT molecular complexity index is 466. The second kappa shape index (κ2) is 9.88. The van der Waals surface area contributed by atoms with E-state index in [0.29, 0.717) is 26.2 Å². The number of benzene rings is 1. The number of amides is 2. The normalized spacial score (nSPS) is 10.2. The smallest absolute Gasteiger partial charge is 0.313 e. The highest BCUT2D eigenvalue weighted by atomic mass is 19.1. The van der Waals surface area contributed by atoms with E-state index < -0.39 is 17.6 Å². The van der Waals surface area contributed by atoms with Gasteiger partial charge < -0.3 is 15.4 Å². The molecule has 0 aliphatic rings. The van der Waals surface area contributed by atoms with Crippen molar-refractivity contribution >= 4 is 17.5 Å². The average molecular weight is 296 g/mol. The third kappa shape index (κ3) is 7.41. The van der Waals surface area contributed by atoms with Gasteiger partial charge in [0, 0.05) is 25.4 Å². The molecular weight excluding hydrogens is 275 g/mol. The Kier molecular flexibility index (Phi) is 8.04. The van der Waals surface area contributed by atoms with Crippen LogP contribution in [0.1, 0.15) is 26.2 Å². The molecular formula is C15H21FN2O3. The van der Waals surface area contributed by atoms with Crippen molar-refractivity contribution in [1.29, 1.82) is 0 Å². The van der Waals surface area contributed by atoms with E-state index in [1.165, 1.54) is 18.2 Å². The minimum atomic E-state index is -0.812. The maximum Gasteiger partial charge on any atom is 0.313 e. The van der Waals surface area contributed by atoms with E-state index in [1.54, 1.807) is 0 Å². The number of ether oxygens (including phenoxy) is 1. The lowest BCUT2D eigenvalue weighted by atomic mass is 10.3. The van der Waals surface area contributed by atoms with E-state index in [9.17, 15) is 14.0 Å². The molecule has 0 unspecified atom stereocenters. The predicted molar refractivity (Wildman–Crippen MR) is 78.4 cm³/mol. The SMILES string of the molecule is CCCCOCCCNC(=O)C(=O)Nc1cccc(F)c1. The van der Waals surface area contributed by atoms with Crippen LogP contribution in [-0.4, -0.2) is 31.6 Å². The van der Waals surface area contributed by atoms with Gasteiger partial charge in [-0.3, -0.25) is 9.59 Å². The summed E-state index contributed by atoms with van der Waals surface area (Å²) in [4.78, 5) is 23.1. The van der Waals surface area contributed by atoms with Crippen molar-refractivity contribution < 1.29 is 18.7 Å². The minimum Gasteiger partial charge on any atom is -0.381 e. The van der Waals surface area contributed by atoms with Crippen molar-refractivity contribution in [3.05, 3.63) is 30.1 Å². The molecule has 0 atom stereocenters. The Labute approximate surface area is 123 Å². The number of unbranched alkanes of at least 4 members (excludes halogenated alkanes) is 1. The number of carbonyl (C=O) groups is 2. The lowest BCUT2D eigenvalue weighted by Gasteiger charge is -2.07. The Hall–Kier alpha value is -1.95. The molecule has 21 heavy (non-hydrogen) atoms.